The number of piperazine rings is 1. The quantitative estimate of drug-likeness (QED) is 0.591. The van der Waals surface area contributed by atoms with Gasteiger partial charge in [-0.15, -0.1) is 0 Å². The highest BCUT2D eigenvalue weighted by atomic mass is 32.2. The number of carbonyl (C=O) groups is 3. The zero-order chi connectivity index (χ0) is 23.8. The number of phenols is 1. The van der Waals surface area contributed by atoms with E-state index < -0.39 is 15.6 Å². The topological polar surface area (TPSA) is 127 Å². The highest BCUT2D eigenvalue weighted by Gasteiger charge is 2.52. The molecule has 0 aromatic heterocycles. The summed E-state index contributed by atoms with van der Waals surface area (Å²) >= 11 is 0. The summed E-state index contributed by atoms with van der Waals surface area (Å²) in [6.07, 6.45) is 3.72. The summed E-state index contributed by atoms with van der Waals surface area (Å²) in [5.41, 5.74) is -0.0153. The number of benzene rings is 1. The lowest BCUT2D eigenvalue weighted by molar-refractivity contribution is -0.134. The molecule has 0 radical (unpaired) electrons. The number of rotatable bonds is 6. The summed E-state index contributed by atoms with van der Waals surface area (Å²) < 4.78 is 27.1. The number of imide groups is 1. The number of amides is 4. The van der Waals surface area contributed by atoms with Gasteiger partial charge in [-0.05, 0) is 43.9 Å². The van der Waals surface area contributed by atoms with Gasteiger partial charge in [-0.3, -0.25) is 14.5 Å². The molecular formula is C22H30N4O6S. The molecule has 2 N–H and O–H groups in total. The van der Waals surface area contributed by atoms with Crippen LogP contribution in [0, 0.1) is 6.92 Å². The maximum Gasteiger partial charge on any atom is 0.325 e. The van der Waals surface area contributed by atoms with Gasteiger partial charge in [0.2, 0.25) is 15.9 Å². The molecule has 1 aromatic carbocycles. The summed E-state index contributed by atoms with van der Waals surface area (Å²) in [7, 11) is -3.86. The minimum Gasteiger partial charge on any atom is -0.507 e. The molecule has 1 saturated carbocycles. The molecular weight excluding hydrogens is 448 g/mol. The number of aromatic hydroxyl groups is 1. The Morgan fingerprint density at radius 2 is 1.79 bits per heavy atom. The van der Waals surface area contributed by atoms with E-state index in [1.165, 1.54) is 21.3 Å². The van der Waals surface area contributed by atoms with Gasteiger partial charge in [0.1, 0.15) is 16.2 Å². The molecule has 1 aliphatic carbocycles. The lowest BCUT2D eigenvalue weighted by Crippen LogP contribution is -2.50. The molecule has 2 saturated heterocycles. The molecule has 10 nitrogen and oxygen atoms in total. The molecule has 180 valence electrons. The van der Waals surface area contributed by atoms with Gasteiger partial charge in [0.05, 0.1) is 0 Å². The predicted octanol–water partition coefficient (Wildman–Crippen LogP) is 1.18. The highest BCUT2D eigenvalue weighted by molar-refractivity contribution is 7.89. The Balaban J connectivity index is 1.27. The van der Waals surface area contributed by atoms with Crippen LogP contribution < -0.4 is 5.32 Å². The first-order valence-corrected chi connectivity index (χ1v) is 12.8. The van der Waals surface area contributed by atoms with E-state index in [2.05, 4.69) is 5.32 Å². The van der Waals surface area contributed by atoms with Gasteiger partial charge in [-0.25, -0.2) is 13.2 Å². The summed E-state index contributed by atoms with van der Waals surface area (Å²) in [6, 6.07) is 4.06. The van der Waals surface area contributed by atoms with Crippen LogP contribution in [0.25, 0.3) is 0 Å². The average Bonchev–Trinajstić information content (AvgIpc) is 3.35. The van der Waals surface area contributed by atoms with Crippen LogP contribution in [-0.4, -0.2) is 83.7 Å². The molecule has 11 heteroatoms. The van der Waals surface area contributed by atoms with Crippen LogP contribution in [0.15, 0.2) is 23.1 Å². The molecule has 33 heavy (non-hydrogen) atoms. The van der Waals surface area contributed by atoms with Crippen LogP contribution in [0.2, 0.25) is 0 Å². The third-order valence-electron chi connectivity index (χ3n) is 6.80. The van der Waals surface area contributed by atoms with Crippen LogP contribution in [0.5, 0.6) is 5.75 Å². The van der Waals surface area contributed by atoms with Gasteiger partial charge in [-0.2, -0.15) is 4.31 Å². The number of nitrogens with zero attached hydrogens (tertiary/aromatic N) is 3. The number of carbonyl (C=O) groups excluding carboxylic acids is 3. The van der Waals surface area contributed by atoms with Crippen molar-refractivity contribution in [3.63, 3.8) is 0 Å². The van der Waals surface area contributed by atoms with Crippen molar-refractivity contribution in [3.8, 4) is 5.75 Å². The number of phenolic OH excluding ortho intramolecular Hbond substituents is 1. The number of urea groups is 1. The third-order valence-corrected chi connectivity index (χ3v) is 8.73. The Kier molecular flexibility index (Phi) is 6.37. The Labute approximate surface area is 193 Å². The summed E-state index contributed by atoms with van der Waals surface area (Å²) in [4.78, 5) is 40.2. The van der Waals surface area contributed by atoms with E-state index in [1.807, 2.05) is 0 Å². The maximum atomic E-state index is 12.9. The van der Waals surface area contributed by atoms with Gasteiger partial charge < -0.3 is 15.3 Å². The summed E-state index contributed by atoms with van der Waals surface area (Å²) in [5.74, 6) is -0.609. The van der Waals surface area contributed by atoms with E-state index in [9.17, 15) is 27.9 Å². The van der Waals surface area contributed by atoms with Gasteiger partial charge in [0, 0.05) is 39.1 Å². The van der Waals surface area contributed by atoms with Gasteiger partial charge >= 0.3 is 6.03 Å². The van der Waals surface area contributed by atoms with E-state index >= 15 is 0 Å². The Morgan fingerprint density at radius 1 is 1.12 bits per heavy atom. The van der Waals surface area contributed by atoms with Crippen molar-refractivity contribution in [3.05, 3.63) is 23.8 Å². The minimum absolute atomic E-state index is 0.129. The zero-order valence-electron chi connectivity index (χ0n) is 18.7. The lowest BCUT2D eigenvalue weighted by Gasteiger charge is -2.34. The molecule has 0 unspecified atom stereocenters. The third kappa shape index (κ3) is 4.43. The fourth-order valence-corrected chi connectivity index (χ4v) is 6.48. The monoisotopic (exact) mass is 478 g/mol. The molecule has 1 spiro atoms. The normalized spacial score (nSPS) is 21.1. The second kappa shape index (κ2) is 8.94. The number of nitrogens with one attached hydrogen (secondary N) is 1. The first-order chi connectivity index (χ1) is 15.6. The Morgan fingerprint density at radius 3 is 2.45 bits per heavy atom. The fraction of sp³-hybridized carbons (Fsp3) is 0.591. The van der Waals surface area contributed by atoms with E-state index in [-0.39, 0.29) is 67.6 Å². The van der Waals surface area contributed by atoms with Crippen LogP contribution >= 0.6 is 0 Å². The second-order valence-electron chi connectivity index (χ2n) is 9.04. The van der Waals surface area contributed by atoms with Crippen molar-refractivity contribution in [2.45, 2.75) is 55.9 Å². The number of hydrogen-bond donors (Lipinski definition) is 2. The standard InChI is InChI=1S/C22H30N4O6S/c1-16-6-7-17(27)18(15-16)33(31,32)25-13-11-24(12-14-25)19(28)5-4-10-26-20(29)22(23-21(26)30)8-2-3-9-22/h6-7,15,27H,2-5,8-14H2,1H3,(H,23,30). The molecule has 3 aliphatic rings. The van der Waals surface area contributed by atoms with Gasteiger partial charge in [-0.1, -0.05) is 18.9 Å². The predicted molar refractivity (Wildman–Crippen MR) is 119 cm³/mol. The second-order valence-corrected chi connectivity index (χ2v) is 10.9. The number of hydrogen-bond acceptors (Lipinski definition) is 6. The van der Waals surface area contributed by atoms with E-state index in [4.69, 9.17) is 0 Å². The van der Waals surface area contributed by atoms with E-state index in [1.54, 1.807) is 17.9 Å². The first-order valence-electron chi connectivity index (χ1n) is 11.4. The average molecular weight is 479 g/mol. The Bertz CT molecular complexity index is 1060. The molecule has 3 fully saturated rings. The van der Waals surface area contributed by atoms with Crippen LogP contribution in [0.3, 0.4) is 0 Å². The largest absolute Gasteiger partial charge is 0.507 e. The van der Waals surface area contributed by atoms with Crippen molar-refractivity contribution >= 4 is 27.9 Å². The van der Waals surface area contributed by atoms with Crippen molar-refractivity contribution in [1.82, 2.24) is 19.4 Å². The van der Waals surface area contributed by atoms with Gasteiger partial charge in [0.15, 0.2) is 0 Å². The Hall–Kier alpha value is -2.66. The van der Waals surface area contributed by atoms with Crippen LogP contribution in [0.1, 0.15) is 44.1 Å². The molecule has 2 aliphatic heterocycles. The first kappa shape index (κ1) is 23.5. The molecule has 0 bridgehead atoms. The molecule has 0 atom stereocenters. The van der Waals surface area contributed by atoms with E-state index in [0.29, 0.717) is 19.3 Å². The minimum atomic E-state index is -3.86. The van der Waals surface area contributed by atoms with Crippen LogP contribution in [-0.2, 0) is 19.6 Å². The van der Waals surface area contributed by atoms with Crippen molar-refractivity contribution < 1.29 is 27.9 Å². The summed E-state index contributed by atoms with van der Waals surface area (Å²) in [5, 5.41) is 12.8. The highest BCUT2D eigenvalue weighted by Crippen LogP contribution is 2.35. The molecule has 4 rings (SSSR count). The lowest BCUT2D eigenvalue weighted by atomic mass is 9.98. The number of aryl methyl sites for hydroxylation is 1. The van der Waals surface area contributed by atoms with Crippen LogP contribution in [0.4, 0.5) is 4.79 Å². The van der Waals surface area contributed by atoms with Gasteiger partial charge in [0.25, 0.3) is 5.91 Å². The molecule has 1 aromatic rings. The SMILES string of the molecule is Cc1ccc(O)c(S(=O)(=O)N2CCN(C(=O)CCCN3C(=O)NC4(CCCC4)C3=O)CC2)c1. The molecule has 4 amide bonds. The number of sulfonamides is 1. The molecule has 2 heterocycles. The summed E-state index contributed by atoms with van der Waals surface area (Å²) in [6.45, 7) is 2.71. The zero-order valence-corrected chi connectivity index (χ0v) is 19.6. The fourth-order valence-electron chi connectivity index (χ4n) is 4.89. The maximum absolute atomic E-state index is 12.9. The van der Waals surface area contributed by atoms with Crippen molar-refractivity contribution in [2.75, 3.05) is 32.7 Å². The van der Waals surface area contributed by atoms with Crippen molar-refractivity contribution in [1.29, 1.82) is 0 Å². The van der Waals surface area contributed by atoms with E-state index in [0.717, 1.165) is 18.4 Å². The van der Waals surface area contributed by atoms with Crippen molar-refractivity contribution in [2.24, 2.45) is 0 Å². The smallest absolute Gasteiger partial charge is 0.325 e.